The van der Waals surface area contributed by atoms with Crippen molar-refractivity contribution in [1.29, 1.82) is 0 Å². The second kappa shape index (κ2) is 6.83. The summed E-state index contributed by atoms with van der Waals surface area (Å²) in [6.07, 6.45) is 1.77. The van der Waals surface area contributed by atoms with Gasteiger partial charge in [0.2, 0.25) is 17.8 Å². The third-order valence-electron chi connectivity index (χ3n) is 2.84. The normalized spacial score (nSPS) is 11.8. The number of hydrogen-bond donors (Lipinski definition) is 2. The van der Waals surface area contributed by atoms with Gasteiger partial charge in [0.15, 0.2) is 0 Å². The van der Waals surface area contributed by atoms with Crippen LogP contribution >= 0.6 is 0 Å². The summed E-state index contributed by atoms with van der Waals surface area (Å²) in [4.78, 5) is 19.3. The van der Waals surface area contributed by atoms with Gasteiger partial charge in [-0.1, -0.05) is 6.07 Å². The van der Waals surface area contributed by atoms with Gasteiger partial charge in [0.25, 0.3) is 0 Å². The van der Waals surface area contributed by atoms with Crippen molar-refractivity contribution in [3.05, 3.63) is 30.1 Å². The van der Waals surface area contributed by atoms with E-state index < -0.39 is 0 Å². The minimum absolute atomic E-state index is 0.0121. The second-order valence-electron chi connectivity index (χ2n) is 4.83. The Bertz CT molecular complexity index is 571. The van der Waals surface area contributed by atoms with Gasteiger partial charge in [-0.3, -0.25) is 4.98 Å². The fourth-order valence-corrected chi connectivity index (χ4v) is 1.77. The third-order valence-corrected chi connectivity index (χ3v) is 2.84. The van der Waals surface area contributed by atoms with Crippen molar-refractivity contribution in [3.8, 4) is 0 Å². The van der Waals surface area contributed by atoms with Crippen molar-refractivity contribution in [1.82, 2.24) is 19.9 Å². The maximum Gasteiger partial charge on any atom is 0.231 e. The Kier molecular flexibility index (Phi) is 4.86. The van der Waals surface area contributed by atoms with Gasteiger partial charge >= 0.3 is 0 Å². The van der Waals surface area contributed by atoms with Gasteiger partial charge < -0.3 is 15.5 Å². The molecule has 1 unspecified atom stereocenters. The van der Waals surface area contributed by atoms with Crippen LogP contribution in [0.1, 0.15) is 25.6 Å². The molecular formula is C14H21N7. The molecule has 0 aliphatic carbocycles. The van der Waals surface area contributed by atoms with Crippen LogP contribution in [0, 0.1) is 0 Å². The van der Waals surface area contributed by atoms with Crippen LogP contribution in [0.25, 0.3) is 0 Å². The molecule has 2 heterocycles. The lowest BCUT2D eigenvalue weighted by Crippen LogP contribution is -2.18. The zero-order valence-electron chi connectivity index (χ0n) is 12.8. The van der Waals surface area contributed by atoms with Crippen LogP contribution < -0.4 is 15.5 Å². The van der Waals surface area contributed by atoms with Crippen molar-refractivity contribution in [2.45, 2.75) is 19.9 Å². The Balaban J connectivity index is 2.22. The highest BCUT2D eigenvalue weighted by molar-refractivity contribution is 5.43. The molecule has 2 aromatic heterocycles. The van der Waals surface area contributed by atoms with E-state index in [0.717, 1.165) is 12.2 Å². The average molecular weight is 287 g/mol. The van der Waals surface area contributed by atoms with Crippen LogP contribution in [0.5, 0.6) is 0 Å². The molecule has 0 aliphatic heterocycles. The molecule has 0 amide bonds. The Hall–Kier alpha value is -2.44. The van der Waals surface area contributed by atoms with Gasteiger partial charge in [-0.25, -0.2) is 0 Å². The van der Waals surface area contributed by atoms with E-state index in [9.17, 15) is 0 Å². The van der Waals surface area contributed by atoms with Crippen LogP contribution in [0.15, 0.2) is 24.4 Å². The molecule has 0 aromatic carbocycles. The Morgan fingerprint density at radius 2 is 1.90 bits per heavy atom. The molecule has 7 nitrogen and oxygen atoms in total. The van der Waals surface area contributed by atoms with Crippen molar-refractivity contribution in [2.75, 3.05) is 36.2 Å². The average Bonchev–Trinajstić information content (AvgIpc) is 2.48. The molecule has 0 radical (unpaired) electrons. The smallest absolute Gasteiger partial charge is 0.231 e. The van der Waals surface area contributed by atoms with Crippen molar-refractivity contribution < 1.29 is 0 Å². The van der Waals surface area contributed by atoms with E-state index in [1.54, 1.807) is 6.20 Å². The standard InChI is InChI=1S/C14H21N7/c1-5-15-12-18-13(20-14(19-12)21(3)4)17-10(2)11-8-6-7-9-16-11/h6-10H,5H2,1-4H3,(H2,15,17,18,19,20). The summed E-state index contributed by atoms with van der Waals surface area (Å²) >= 11 is 0. The van der Waals surface area contributed by atoms with Crippen molar-refractivity contribution in [2.24, 2.45) is 0 Å². The van der Waals surface area contributed by atoms with E-state index in [4.69, 9.17) is 0 Å². The SMILES string of the molecule is CCNc1nc(NC(C)c2ccccn2)nc(N(C)C)n1. The molecule has 2 N–H and O–H groups in total. The number of aromatic nitrogens is 4. The Morgan fingerprint density at radius 3 is 2.52 bits per heavy atom. The molecule has 0 aliphatic rings. The molecule has 112 valence electrons. The van der Waals surface area contributed by atoms with Crippen LogP contribution in [0.2, 0.25) is 0 Å². The fraction of sp³-hybridized carbons (Fsp3) is 0.429. The van der Waals surface area contributed by atoms with E-state index in [0.29, 0.717) is 17.8 Å². The summed E-state index contributed by atoms with van der Waals surface area (Å²) in [5.74, 6) is 1.70. The number of nitrogens with zero attached hydrogens (tertiary/aromatic N) is 5. The molecule has 0 fully saturated rings. The van der Waals surface area contributed by atoms with E-state index in [-0.39, 0.29) is 6.04 Å². The predicted molar refractivity (Wildman–Crippen MR) is 84.6 cm³/mol. The largest absolute Gasteiger partial charge is 0.354 e. The molecule has 0 bridgehead atoms. The van der Waals surface area contributed by atoms with E-state index in [1.165, 1.54) is 0 Å². The predicted octanol–water partition coefficient (Wildman–Crippen LogP) is 1.94. The van der Waals surface area contributed by atoms with E-state index in [2.05, 4.69) is 30.6 Å². The first kappa shape index (κ1) is 15.0. The summed E-state index contributed by atoms with van der Waals surface area (Å²) in [7, 11) is 3.80. The fourth-order valence-electron chi connectivity index (χ4n) is 1.77. The number of rotatable bonds is 6. The van der Waals surface area contributed by atoms with Gasteiger partial charge in [-0.15, -0.1) is 0 Å². The van der Waals surface area contributed by atoms with E-state index >= 15 is 0 Å². The molecule has 1 atom stereocenters. The third kappa shape index (κ3) is 4.01. The first-order valence-corrected chi connectivity index (χ1v) is 6.95. The zero-order chi connectivity index (χ0) is 15.2. The lowest BCUT2D eigenvalue weighted by Gasteiger charge is -2.16. The molecule has 7 heteroatoms. The monoisotopic (exact) mass is 287 g/mol. The van der Waals surface area contributed by atoms with E-state index in [1.807, 2.05) is 51.0 Å². The Morgan fingerprint density at radius 1 is 1.14 bits per heavy atom. The van der Waals surface area contributed by atoms with Crippen LogP contribution in [0.4, 0.5) is 17.8 Å². The van der Waals surface area contributed by atoms with Gasteiger partial charge in [-0.05, 0) is 26.0 Å². The summed E-state index contributed by atoms with van der Waals surface area (Å²) in [5.41, 5.74) is 0.939. The lowest BCUT2D eigenvalue weighted by molar-refractivity contribution is 0.814. The number of anilines is 3. The van der Waals surface area contributed by atoms with Crippen LogP contribution in [0.3, 0.4) is 0 Å². The highest BCUT2D eigenvalue weighted by Crippen LogP contribution is 2.17. The summed E-state index contributed by atoms with van der Waals surface area (Å²) < 4.78 is 0. The van der Waals surface area contributed by atoms with Gasteiger partial charge in [0.1, 0.15) is 0 Å². The van der Waals surface area contributed by atoms with Gasteiger partial charge in [-0.2, -0.15) is 15.0 Å². The summed E-state index contributed by atoms with van der Waals surface area (Å²) in [6.45, 7) is 4.78. The zero-order valence-corrected chi connectivity index (χ0v) is 12.8. The number of hydrogen-bond acceptors (Lipinski definition) is 7. The maximum atomic E-state index is 4.41. The van der Waals surface area contributed by atoms with Crippen molar-refractivity contribution in [3.63, 3.8) is 0 Å². The molecule has 0 saturated carbocycles. The van der Waals surface area contributed by atoms with Crippen LogP contribution in [-0.4, -0.2) is 40.6 Å². The van der Waals surface area contributed by atoms with Crippen molar-refractivity contribution >= 4 is 17.8 Å². The highest BCUT2D eigenvalue weighted by Gasteiger charge is 2.11. The molecular weight excluding hydrogens is 266 g/mol. The summed E-state index contributed by atoms with van der Waals surface area (Å²) in [5, 5.41) is 6.37. The Labute approximate surface area is 124 Å². The van der Waals surface area contributed by atoms with Crippen LogP contribution in [-0.2, 0) is 0 Å². The topological polar surface area (TPSA) is 78.9 Å². The van der Waals surface area contributed by atoms with Gasteiger partial charge in [0.05, 0.1) is 11.7 Å². The number of pyridine rings is 1. The van der Waals surface area contributed by atoms with Gasteiger partial charge in [0, 0.05) is 26.8 Å². The quantitative estimate of drug-likeness (QED) is 0.840. The number of nitrogens with one attached hydrogen (secondary N) is 2. The molecule has 21 heavy (non-hydrogen) atoms. The second-order valence-corrected chi connectivity index (χ2v) is 4.83. The molecule has 0 saturated heterocycles. The first-order valence-electron chi connectivity index (χ1n) is 6.95. The highest BCUT2D eigenvalue weighted by atomic mass is 15.3. The molecule has 2 rings (SSSR count). The minimum atomic E-state index is 0.0121. The maximum absolute atomic E-state index is 4.41. The molecule has 2 aromatic rings. The first-order chi connectivity index (χ1) is 10.1. The minimum Gasteiger partial charge on any atom is -0.354 e. The summed E-state index contributed by atoms with van der Waals surface area (Å²) in [6, 6.07) is 5.84. The molecule has 0 spiro atoms. The lowest BCUT2D eigenvalue weighted by atomic mass is 10.2.